The van der Waals surface area contributed by atoms with Crippen LogP contribution in [0.3, 0.4) is 0 Å². The van der Waals surface area contributed by atoms with E-state index in [-0.39, 0.29) is 0 Å². The number of anilines is 1. The average Bonchev–Trinajstić information content (AvgIpc) is 2.38. The van der Waals surface area contributed by atoms with Crippen molar-refractivity contribution in [2.24, 2.45) is 0 Å². The first-order valence-corrected chi connectivity index (χ1v) is 7.09. The maximum atomic E-state index is 5.13. The Balaban J connectivity index is 2.02. The number of nitrogens with one attached hydrogen (secondary N) is 1. The molecule has 18 heavy (non-hydrogen) atoms. The predicted molar refractivity (Wildman–Crippen MR) is 82.2 cm³/mol. The molecular weight excluding hydrogens is 358 g/mol. The highest BCUT2D eigenvalue weighted by molar-refractivity contribution is 9.11. The summed E-state index contributed by atoms with van der Waals surface area (Å²) < 4.78 is 7.24. The van der Waals surface area contributed by atoms with Gasteiger partial charge in [-0.2, -0.15) is 0 Å². The molecule has 0 aliphatic rings. The van der Waals surface area contributed by atoms with Crippen molar-refractivity contribution in [2.75, 3.05) is 12.4 Å². The first kappa shape index (κ1) is 13.4. The summed E-state index contributed by atoms with van der Waals surface area (Å²) in [5.74, 6) is 0.878. The van der Waals surface area contributed by atoms with Crippen molar-refractivity contribution < 1.29 is 4.74 Å². The van der Waals surface area contributed by atoms with Gasteiger partial charge < -0.3 is 10.1 Å². The second kappa shape index (κ2) is 6.25. The lowest BCUT2D eigenvalue weighted by atomic mass is 10.2. The maximum absolute atomic E-state index is 5.13. The van der Waals surface area contributed by atoms with Crippen LogP contribution >= 0.6 is 31.9 Å². The maximum Gasteiger partial charge on any atom is 0.118 e. The third-order valence-electron chi connectivity index (χ3n) is 2.57. The van der Waals surface area contributed by atoms with Gasteiger partial charge in [0.1, 0.15) is 5.75 Å². The molecule has 0 radical (unpaired) electrons. The molecule has 0 aromatic heterocycles. The Hall–Kier alpha value is -1.000. The Kier molecular flexibility index (Phi) is 4.66. The third kappa shape index (κ3) is 3.50. The van der Waals surface area contributed by atoms with Crippen LogP contribution in [-0.2, 0) is 6.54 Å². The van der Waals surface area contributed by atoms with Crippen LogP contribution in [0, 0.1) is 0 Å². The Morgan fingerprint density at radius 1 is 1.06 bits per heavy atom. The largest absolute Gasteiger partial charge is 0.497 e. The average molecular weight is 371 g/mol. The van der Waals surface area contributed by atoms with Gasteiger partial charge in [0.15, 0.2) is 0 Å². The van der Waals surface area contributed by atoms with Crippen molar-refractivity contribution >= 4 is 37.5 Å². The van der Waals surface area contributed by atoms with Gasteiger partial charge in [0.2, 0.25) is 0 Å². The fraction of sp³-hybridized carbons (Fsp3) is 0.143. The number of rotatable bonds is 4. The van der Waals surface area contributed by atoms with E-state index in [2.05, 4.69) is 49.3 Å². The fourth-order valence-electron chi connectivity index (χ4n) is 1.57. The lowest BCUT2D eigenvalue weighted by Crippen LogP contribution is -1.99. The van der Waals surface area contributed by atoms with Gasteiger partial charge in [0, 0.05) is 21.2 Å². The van der Waals surface area contributed by atoms with E-state index in [1.807, 2.05) is 30.3 Å². The van der Waals surface area contributed by atoms with E-state index < -0.39 is 0 Å². The van der Waals surface area contributed by atoms with Crippen molar-refractivity contribution in [3.05, 3.63) is 57.0 Å². The molecule has 0 bridgehead atoms. The molecule has 2 rings (SSSR count). The lowest BCUT2D eigenvalue weighted by Gasteiger charge is -2.09. The number of benzene rings is 2. The molecule has 0 saturated carbocycles. The highest BCUT2D eigenvalue weighted by Gasteiger charge is 2.00. The number of hydrogen-bond donors (Lipinski definition) is 1. The SMILES string of the molecule is COc1ccc(CNc2ccc(Br)cc2Br)cc1. The van der Waals surface area contributed by atoms with Gasteiger partial charge in [-0.1, -0.05) is 28.1 Å². The molecule has 0 heterocycles. The Morgan fingerprint density at radius 2 is 1.78 bits per heavy atom. The molecule has 2 nitrogen and oxygen atoms in total. The van der Waals surface area contributed by atoms with E-state index in [1.54, 1.807) is 7.11 Å². The summed E-state index contributed by atoms with van der Waals surface area (Å²) in [6, 6.07) is 14.1. The second-order valence-corrected chi connectivity index (χ2v) is 5.60. The van der Waals surface area contributed by atoms with E-state index in [0.717, 1.165) is 26.9 Å². The summed E-state index contributed by atoms with van der Waals surface area (Å²) in [7, 11) is 1.67. The number of ether oxygens (including phenoxy) is 1. The van der Waals surface area contributed by atoms with Crippen molar-refractivity contribution in [3.8, 4) is 5.75 Å². The molecule has 4 heteroatoms. The molecule has 0 aliphatic carbocycles. The van der Waals surface area contributed by atoms with E-state index in [1.165, 1.54) is 5.56 Å². The van der Waals surface area contributed by atoms with Crippen LogP contribution in [0.15, 0.2) is 51.4 Å². The molecule has 0 atom stereocenters. The summed E-state index contributed by atoms with van der Waals surface area (Å²) in [4.78, 5) is 0. The Morgan fingerprint density at radius 3 is 2.39 bits per heavy atom. The molecule has 2 aromatic carbocycles. The molecule has 94 valence electrons. The van der Waals surface area contributed by atoms with Crippen LogP contribution in [0.4, 0.5) is 5.69 Å². The van der Waals surface area contributed by atoms with Crippen LogP contribution in [0.1, 0.15) is 5.56 Å². The Bertz CT molecular complexity index is 526. The van der Waals surface area contributed by atoms with Gasteiger partial charge in [-0.05, 0) is 51.8 Å². The minimum Gasteiger partial charge on any atom is -0.497 e. The molecule has 0 aliphatic heterocycles. The molecule has 1 N–H and O–H groups in total. The van der Waals surface area contributed by atoms with Crippen molar-refractivity contribution in [3.63, 3.8) is 0 Å². The number of hydrogen-bond acceptors (Lipinski definition) is 2. The van der Waals surface area contributed by atoms with Crippen LogP contribution in [0.5, 0.6) is 5.75 Å². The van der Waals surface area contributed by atoms with E-state index >= 15 is 0 Å². The molecule has 0 spiro atoms. The third-order valence-corrected chi connectivity index (χ3v) is 3.72. The highest BCUT2D eigenvalue weighted by Crippen LogP contribution is 2.26. The zero-order chi connectivity index (χ0) is 13.0. The molecule has 2 aromatic rings. The van der Waals surface area contributed by atoms with E-state index in [4.69, 9.17) is 4.74 Å². The highest BCUT2D eigenvalue weighted by atomic mass is 79.9. The first-order chi connectivity index (χ1) is 8.69. The molecule has 0 saturated heterocycles. The van der Waals surface area contributed by atoms with Crippen LogP contribution in [-0.4, -0.2) is 7.11 Å². The topological polar surface area (TPSA) is 21.3 Å². The summed E-state index contributed by atoms with van der Waals surface area (Å²) in [6.45, 7) is 0.782. The molecule has 0 fully saturated rings. The van der Waals surface area contributed by atoms with Gasteiger partial charge in [-0.3, -0.25) is 0 Å². The minimum atomic E-state index is 0.782. The summed E-state index contributed by atoms with van der Waals surface area (Å²) >= 11 is 6.97. The first-order valence-electron chi connectivity index (χ1n) is 5.51. The smallest absolute Gasteiger partial charge is 0.118 e. The van der Waals surface area contributed by atoms with Crippen molar-refractivity contribution in [1.82, 2.24) is 0 Å². The zero-order valence-corrected chi connectivity index (χ0v) is 13.1. The zero-order valence-electron chi connectivity index (χ0n) is 9.91. The summed E-state index contributed by atoms with van der Waals surface area (Å²) in [6.07, 6.45) is 0. The summed E-state index contributed by atoms with van der Waals surface area (Å²) in [5, 5.41) is 3.39. The molecular formula is C14H13Br2NO. The van der Waals surface area contributed by atoms with Crippen LogP contribution in [0.2, 0.25) is 0 Å². The Labute approximate surface area is 124 Å². The normalized spacial score (nSPS) is 10.2. The molecule has 0 unspecified atom stereocenters. The van der Waals surface area contributed by atoms with Crippen LogP contribution < -0.4 is 10.1 Å². The monoisotopic (exact) mass is 369 g/mol. The minimum absolute atomic E-state index is 0.782. The molecule has 0 amide bonds. The van der Waals surface area contributed by atoms with Gasteiger partial charge in [-0.25, -0.2) is 0 Å². The van der Waals surface area contributed by atoms with Crippen molar-refractivity contribution in [2.45, 2.75) is 6.54 Å². The quantitative estimate of drug-likeness (QED) is 0.831. The van der Waals surface area contributed by atoms with E-state index in [0.29, 0.717) is 0 Å². The van der Waals surface area contributed by atoms with E-state index in [9.17, 15) is 0 Å². The summed E-state index contributed by atoms with van der Waals surface area (Å²) in [5.41, 5.74) is 2.29. The number of methoxy groups -OCH3 is 1. The van der Waals surface area contributed by atoms with Gasteiger partial charge in [0.05, 0.1) is 7.11 Å². The fourth-order valence-corrected chi connectivity index (χ4v) is 2.76. The second-order valence-electron chi connectivity index (χ2n) is 3.83. The van der Waals surface area contributed by atoms with Gasteiger partial charge in [0.25, 0.3) is 0 Å². The standard InChI is InChI=1S/C14H13Br2NO/c1-18-12-5-2-10(3-6-12)9-17-14-7-4-11(15)8-13(14)16/h2-8,17H,9H2,1H3. The van der Waals surface area contributed by atoms with Crippen LogP contribution in [0.25, 0.3) is 0 Å². The van der Waals surface area contributed by atoms with Gasteiger partial charge >= 0.3 is 0 Å². The predicted octanol–water partition coefficient (Wildman–Crippen LogP) is 4.83. The lowest BCUT2D eigenvalue weighted by molar-refractivity contribution is 0.414. The van der Waals surface area contributed by atoms with Crippen molar-refractivity contribution in [1.29, 1.82) is 0 Å². The number of halogens is 2. The van der Waals surface area contributed by atoms with Gasteiger partial charge in [-0.15, -0.1) is 0 Å².